The van der Waals surface area contributed by atoms with Crippen LogP contribution in [-0.4, -0.2) is 25.4 Å². The van der Waals surface area contributed by atoms with Gasteiger partial charge in [0.2, 0.25) is 0 Å². The van der Waals surface area contributed by atoms with E-state index in [9.17, 15) is 9.59 Å². The molecule has 0 atom stereocenters. The molecule has 0 unspecified atom stereocenters. The van der Waals surface area contributed by atoms with Crippen LogP contribution >= 0.6 is 0 Å². The molecule has 0 bridgehead atoms. The number of anilines is 1. The number of aldehydes is 1. The predicted octanol–water partition coefficient (Wildman–Crippen LogP) is 4.01. The zero-order chi connectivity index (χ0) is 16.6. The molecule has 3 rings (SSSR count). The molecule has 3 aromatic rings. The van der Waals surface area contributed by atoms with Crippen molar-refractivity contribution in [2.75, 3.05) is 12.4 Å². The molecule has 1 N–H and O–H groups in total. The zero-order valence-corrected chi connectivity index (χ0v) is 13.2. The summed E-state index contributed by atoms with van der Waals surface area (Å²) in [5.41, 5.74) is 2.93. The Hall–Kier alpha value is -2.82. The minimum Gasteiger partial charge on any atom is -0.465 e. The number of esters is 1. The summed E-state index contributed by atoms with van der Waals surface area (Å²) in [5, 5.41) is 4.94. The number of carbonyl (C=O) groups is 2. The standard InChI is InChI=1S/C18H17NO4/c1-10(2)19-15-7-13-12-6-11(9-20)4-5-16(12)23-17(13)8-14(15)18(21)22-3/h4-10,19H,1-3H3. The van der Waals surface area contributed by atoms with Crippen LogP contribution in [0.25, 0.3) is 21.9 Å². The Kier molecular flexibility index (Phi) is 3.78. The Balaban J connectivity index is 2.30. The minimum atomic E-state index is -0.427. The van der Waals surface area contributed by atoms with Gasteiger partial charge in [-0.15, -0.1) is 0 Å². The van der Waals surface area contributed by atoms with Gasteiger partial charge < -0.3 is 14.5 Å². The highest BCUT2D eigenvalue weighted by atomic mass is 16.5. The minimum absolute atomic E-state index is 0.152. The number of nitrogens with one attached hydrogen (secondary N) is 1. The molecule has 0 spiro atoms. The van der Waals surface area contributed by atoms with Gasteiger partial charge in [0.25, 0.3) is 0 Å². The maximum Gasteiger partial charge on any atom is 0.340 e. The summed E-state index contributed by atoms with van der Waals surface area (Å²) in [6.07, 6.45) is 0.800. The van der Waals surface area contributed by atoms with Crippen LogP contribution in [0.15, 0.2) is 34.7 Å². The van der Waals surface area contributed by atoms with E-state index >= 15 is 0 Å². The average molecular weight is 311 g/mol. The summed E-state index contributed by atoms with van der Waals surface area (Å²) in [7, 11) is 1.35. The number of ether oxygens (including phenoxy) is 1. The number of hydrogen-bond acceptors (Lipinski definition) is 5. The fourth-order valence-electron chi connectivity index (χ4n) is 2.62. The SMILES string of the molecule is COC(=O)c1cc2oc3ccc(C=O)cc3c2cc1NC(C)C. The van der Waals surface area contributed by atoms with Gasteiger partial charge in [-0.2, -0.15) is 0 Å². The van der Waals surface area contributed by atoms with E-state index in [1.54, 1.807) is 24.3 Å². The number of methoxy groups -OCH3 is 1. The molecule has 23 heavy (non-hydrogen) atoms. The van der Waals surface area contributed by atoms with Crippen molar-refractivity contribution in [1.82, 2.24) is 0 Å². The van der Waals surface area contributed by atoms with E-state index in [-0.39, 0.29) is 6.04 Å². The second kappa shape index (κ2) is 5.76. The van der Waals surface area contributed by atoms with Crippen molar-refractivity contribution in [1.29, 1.82) is 0 Å². The lowest BCUT2D eigenvalue weighted by atomic mass is 10.1. The van der Waals surface area contributed by atoms with Crippen LogP contribution in [-0.2, 0) is 4.74 Å². The van der Waals surface area contributed by atoms with Crippen LogP contribution in [0.4, 0.5) is 5.69 Å². The Morgan fingerprint density at radius 3 is 2.57 bits per heavy atom. The summed E-state index contributed by atoms with van der Waals surface area (Å²) >= 11 is 0. The second-order valence-electron chi connectivity index (χ2n) is 5.66. The van der Waals surface area contributed by atoms with Crippen molar-refractivity contribution in [2.45, 2.75) is 19.9 Å². The van der Waals surface area contributed by atoms with E-state index in [0.717, 1.165) is 17.1 Å². The lowest BCUT2D eigenvalue weighted by Gasteiger charge is -2.13. The first-order valence-corrected chi connectivity index (χ1v) is 7.34. The van der Waals surface area contributed by atoms with E-state index in [1.807, 2.05) is 19.9 Å². The Morgan fingerprint density at radius 2 is 1.91 bits per heavy atom. The van der Waals surface area contributed by atoms with E-state index in [2.05, 4.69) is 5.32 Å². The second-order valence-corrected chi connectivity index (χ2v) is 5.66. The van der Waals surface area contributed by atoms with Crippen molar-refractivity contribution in [3.63, 3.8) is 0 Å². The molecule has 118 valence electrons. The van der Waals surface area contributed by atoms with Crippen molar-refractivity contribution in [2.24, 2.45) is 0 Å². The highest BCUT2D eigenvalue weighted by Crippen LogP contribution is 2.34. The quantitative estimate of drug-likeness (QED) is 0.582. The number of rotatable bonds is 4. The molecule has 0 saturated carbocycles. The number of benzene rings is 2. The summed E-state index contributed by atoms with van der Waals surface area (Å²) in [6.45, 7) is 3.98. The van der Waals surface area contributed by atoms with E-state index < -0.39 is 5.97 Å². The van der Waals surface area contributed by atoms with Crippen LogP contribution in [0.2, 0.25) is 0 Å². The monoisotopic (exact) mass is 311 g/mol. The van der Waals surface area contributed by atoms with Gasteiger partial charge in [-0.3, -0.25) is 4.79 Å². The summed E-state index contributed by atoms with van der Waals surface area (Å²) in [6, 6.07) is 8.93. The third-order valence-corrected chi connectivity index (χ3v) is 3.62. The van der Waals surface area contributed by atoms with Crippen LogP contribution in [0.1, 0.15) is 34.6 Å². The van der Waals surface area contributed by atoms with Crippen molar-refractivity contribution in [3.8, 4) is 0 Å². The molecule has 5 heteroatoms. The molecule has 0 aliphatic rings. The first-order chi connectivity index (χ1) is 11.0. The lowest BCUT2D eigenvalue weighted by Crippen LogP contribution is -2.14. The molecule has 1 heterocycles. The van der Waals surface area contributed by atoms with Crippen LogP contribution < -0.4 is 5.32 Å². The van der Waals surface area contributed by atoms with Crippen molar-refractivity contribution < 1.29 is 18.7 Å². The summed E-state index contributed by atoms with van der Waals surface area (Å²) in [5.74, 6) is -0.427. The number of furan rings is 1. The number of hydrogen-bond donors (Lipinski definition) is 1. The average Bonchev–Trinajstić information content (AvgIpc) is 2.89. The normalized spacial score (nSPS) is 11.1. The van der Waals surface area contributed by atoms with Gasteiger partial charge >= 0.3 is 5.97 Å². The molecular weight excluding hydrogens is 294 g/mol. The molecule has 0 aliphatic carbocycles. The molecule has 2 aromatic carbocycles. The Morgan fingerprint density at radius 1 is 1.17 bits per heavy atom. The Labute approximate surface area is 133 Å². The predicted molar refractivity (Wildman–Crippen MR) is 89.2 cm³/mol. The van der Waals surface area contributed by atoms with Gasteiger partial charge in [0.15, 0.2) is 0 Å². The van der Waals surface area contributed by atoms with Gasteiger partial charge in [0.1, 0.15) is 17.5 Å². The lowest BCUT2D eigenvalue weighted by molar-refractivity contribution is 0.0601. The van der Waals surface area contributed by atoms with Gasteiger partial charge in [-0.05, 0) is 44.2 Å². The summed E-state index contributed by atoms with van der Waals surface area (Å²) < 4.78 is 10.6. The van der Waals surface area contributed by atoms with Crippen LogP contribution in [0.5, 0.6) is 0 Å². The first-order valence-electron chi connectivity index (χ1n) is 7.34. The van der Waals surface area contributed by atoms with E-state index in [4.69, 9.17) is 9.15 Å². The number of fused-ring (bicyclic) bond motifs is 3. The molecule has 0 radical (unpaired) electrons. The Bertz CT molecular complexity index is 908. The molecule has 0 fully saturated rings. The third kappa shape index (κ3) is 2.65. The third-order valence-electron chi connectivity index (χ3n) is 3.62. The molecular formula is C18H17NO4. The van der Waals surface area contributed by atoms with Crippen molar-refractivity contribution >= 4 is 39.9 Å². The van der Waals surface area contributed by atoms with Gasteiger partial charge in [0, 0.05) is 28.1 Å². The van der Waals surface area contributed by atoms with Crippen LogP contribution in [0, 0.1) is 0 Å². The van der Waals surface area contributed by atoms with Crippen LogP contribution in [0.3, 0.4) is 0 Å². The molecule has 0 saturated heterocycles. The number of carbonyl (C=O) groups excluding carboxylic acids is 2. The molecule has 5 nitrogen and oxygen atoms in total. The van der Waals surface area contributed by atoms with Gasteiger partial charge in [-0.1, -0.05) is 0 Å². The summed E-state index contributed by atoms with van der Waals surface area (Å²) in [4.78, 5) is 23.0. The highest BCUT2D eigenvalue weighted by Gasteiger charge is 2.17. The van der Waals surface area contributed by atoms with E-state index in [0.29, 0.717) is 28.0 Å². The van der Waals surface area contributed by atoms with Crippen molar-refractivity contribution in [3.05, 3.63) is 41.5 Å². The van der Waals surface area contributed by atoms with E-state index in [1.165, 1.54) is 7.11 Å². The van der Waals surface area contributed by atoms with Gasteiger partial charge in [-0.25, -0.2) is 4.79 Å². The molecule has 0 aliphatic heterocycles. The topological polar surface area (TPSA) is 68.5 Å². The maximum atomic E-state index is 12.0. The smallest absolute Gasteiger partial charge is 0.340 e. The first kappa shape index (κ1) is 15.1. The molecule has 0 amide bonds. The highest BCUT2D eigenvalue weighted by molar-refractivity contribution is 6.10. The van der Waals surface area contributed by atoms with Gasteiger partial charge in [0.05, 0.1) is 12.7 Å². The zero-order valence-electron chi connectivity index (χ0n) is 13.2. The molecule has 1 aromatic heterocycles. The largest absolute Gasteiger partial charge is 0.465 e. The maximum absolute atomic E-state index is 12.0. The fourth-order valence-corrected chi connectivity index (χ4v) is 2.62. The fraction of sp³-hybridized carbons (Fsp3) is 0.222.